The van der Waals surface area contributed by atoms with Gasteiger partial charge in [-0.3, -0.25) is 9.59 Å². The number of nitrogens with one attached hydrogen (secondary N) is 2. The molecule has 1 aliphatic heterocycles. The van der Waals surface area contributed by atoms with Crippen LogP contribution in [0, 0.1) is 11.8 Å². The first-order valence-electron chi connectivity index (χ1n) is 8.19. The lowest BCUT2D eigenvalue weighted by molar-refractivity contribution is -0.144. The molecule has 5 heteroatoms. The Bertz CT molecular complexity index is 325. The van der Waals surface area contributed by atoms with E-state index in [2.05, 4.69) is 24.5 Å². The lowest BCUT2D eigenvalue weighted by atomic mass is 9.94. The molecule has 1 rings (SSSR count). The fourth-order valence-corrected chi connectivity index (χ4v) is 2.80. The van der Waals surface area contributed by atoms with E-state index in [0.717, 1.165) is 32.2 Å². The van der Waals surface area contributed by atoms with Crippen LogP contribution in [0.2, 0.25) is 0 Å². The molecule has 0 spiro atoms. The molecule has 5 nitrogen and oxygen atoms in total. The Morgan fingerprint density at radius 1 is 1.33 bits per heavy atom. The minimum Gasteiger partial charge on any atom is -0.466 e. The molecule has 1 aliphatic rings. The molecule has 122 valence electrons. The SMILES string of the molecule is CCOC(=O)CC(CNC(=O)C1CCCCN1)CC(C)C. The van der Waals surface area contributed by atoms with Crippen molar-refractivity contribution in [3.05, 3.63) is 0 Å². The van der Waals surface area contributed by atoms with Crippen molar-refractivity contribution >= 4 is 11.9 Å². The van der Waals surface area contributed by atoms with Gasteiger partial charge >= 0.3 is 5.97 Å². The summed E-state index contributed by atoms with van der Waals surface area (Å²) >= 11 is 0. The van der Waals surface area contributed by atoms with Crippen LogP contribution in [-0.4, -0.2) is 37.6 Å². The summed E-state index contributed by atoms with van der Waals surface area (Å²) in [6.45, 7) is 7.94. The van der Waals surface area contributed by atoms with Gasteiger partial charge in [0.15, 0.2) is 0 Å². The van der Waals surface area contributed by atoms with Crippen LogP contribution in [0.15, 0.2) is 0 Å². The van der Waals surface area contributed by atoms with Crippen LogP contribution in [0.1, 0.15) is 52.9 Å². The molecule has 0 aromatic carbocycles. The molecule has 2 atom stereocenters. The summed E-state index contributed by atoms with van der Waals surface area (Å²) in [5.74, 6) is 0.534. The van der Waals surface area contributed by atoms with Crippen LogP contribution in [0.4, 0.5) is 0 Å². The summed E-state index contributed by atoms with van der Waals surface area (Å²) in [5.41, 5.74) is 0. The van der Waals surface area contributed by atoms with E-state index in [1.54, 1.807) is 0 Å². The molecular formula is C16H30N2O3. The van der Waals surface area contributed by atoms with Gasteiger partial charge in [-0.1, -0.05) is 20.3 Å². The van der Waals surface area contributed by atoms with Crippen molar-refractivity contribution in [1.82, 2.24) is 10.6 Å². The zero-order valence-corrected chi connectivity index (χ0v) is 13.6. The fraction of sp³-hybridized carbons (Fsp3) is 0.875. The first-order chi connectivity index (χ1) is 10.0. The number of hydrogen-bond acceptors (Lipinski definition) is 4. The van der Waals surface area contributed by atoms with Crippen LogP contribution >= 0.6 is 0 Å². The molecule has 0 radical (unpaired) electrons. The average molecular weight is 298 g/mol. The number of ether oxygens (including phenoxy) is 1. The minimum absolute atomic E-state index is 0.0623. The molecule has 1 amide bonds. The highest BCUT2D eigenvalue weighted by atomic mass is 16.5. The quantitative estimate of drug-likeness (QED) is 0.671. The van der Waals surface area contributed by atoms with Gasteiger partial charge in [-0.05, 0) is 44.6 Å². The summed E-state index contributed by atoms with van der Waals surface area (Å²) in [5, 5.41) is 6.24. The Morgan fingerprint density at radius 2 is 2.10 bits per heavy atom. The summed E-state index contributed by atoms with van der Waals surface area (Å²) in [6, 6.07) is -0.0685. The Labute approximate surface area is 128 Å². The maximum Gasteiger partial charge on any atom is 0.306 e. The first kappa shape index (κ1) is 18.0. The maximum atomic E-state index is 12.1. The van der Waals surface area contributed by atoms with E-state index in [1.807, 2.05) is 6.92 Å². The second-order valence-corrected chi connectivity index (χ2v) is 6.25. The molecule has 2 N–H and O–H groups in total. The van der Waals surface area contributed by atoms with Crippen LogP contribution in [0.3, 0.4) is 0 Å². The Kier molecular flexibility index (Phi) is 8.35. The van der Waals surface area contributed by atoms with E-state index in [9.17, 15) is 9.59 Å². The molecule has 0 aromatic heterocycles. The van der Waals surface area contributed by atoms with Crippen molar-refractivity contribution in [1.29, 1.82) is 0 Å². The molecule has 1 heterocycles. The van der Waals surface area contributed by atoms with Gasteiger partial charge in [0.05, 0.1) is 19.1 Å². The van der Waals surface area contributed by atoms with Gasteiger partial charge in [-0.2, -0.15) is 0 Å². The summed E-state index contributed by atoms with van der Waals surface area (Å²) in [4.78, 5) is 23.7. The molecule has 2 unspecified atom stereocenters. The number of amides is 1. The zero-order valence-electron chi connectivity index (χ0n) is 13.6. The molecule has 21 heavy (non-hydrogen) atoms. The normalized spacial score (nSPS) is 20.1. The summed E-state index contributed by atoms with van der Waals surface area (Å²) < 4.78 is 5.01. The number of rotatable bonds is 8. The topological polar surface area (TPSA) is 67.4 Å². The zero-order chi connectivity index (χ0) is 15.7. The van der Waals surface area contributed by atoms with Crippen LogP contribution in [0.25, 0.3) is 0 Å². The van der Waals surface area contributed by atoms with E-state index in [4.69, 9.17) is 4.74 Å². The third kappa shape index (κ3) is 7.46. The number of piperidine rings is 1. The van der Waals surface area contributed by atoms with E-state index >= 15 is 0 Å². The van der Waals surface area contributed by atoms with Crippen molar-refractivity contribution in [2.45, 2.75) is 58.9 Å². The number of carbonyl (C=O) groups is 2. The molecule has 0 saturated carbocycles. The highest BCUT2D eigenvalue weighted by Crippen LogP contribution is 2.16. The summed E-state index contributed by atoms with van der Waals surface area (Å²) in [6.07, 6.45) is 4.44. The molecule has 1 fully saturated rings. The van der Waals surface area contributed by atoms with Crippen molar-refractivity contribution in [2.24, 2.45) is 11.8 Å². The van der Waals surface area contributed by atoms with Crippen LogP contribution < -0.4 is 10.6 Å². The average Bonchev–Trinajstić information content (AvgIpc) is 2.45. The standard InChI is InChI=1S/C16H30N2O3/c1-4-21-15(19)10-13(9-12(2)3)11-18-16(20)14-7-5-6-8-17-14/h12-14,17H,4-11H2,1-3H3,(H,18,20). The molecule has 0 bridgehead atoms. The van der Waals surface area contributed by atoms with Gasteiger partial charge in [0, 0.05) is 6.54 Å². The van der Waals surface area contributed by atoms with Crippen molar-refractivity contribution < 1.29 is 14.3 Å². The van der Waals surface area contributed by atoms with E-state index in [1.165, 1.54) is 0 Å². The monoisotopic (exact) mass is 298 g/mol. The van der Waals surface area contributed by atoms with Crippen LogP contribution in [-0.2, 0) is 14.3 Å². The third-order valence-corrected chi connectivity index (χ3v) is 3.76. The Balaban J connectivity index is 2.40. The molecule has 1 saturated heterocycles. The second-order valence-electron chi connectivity index (χ2n) is 6.25. The smallest absolute Gasteiger partial charge is 0.306 e. The maximum absolute atomic E-state index is 12.1. The predicted molar refractivity (Wildman–Crippen MR) is 82.8 cm³/mol. The number of carbonyl (C=O) groups excluding carboxylic acids is 2. The summed E-state index contributed by atoms with van der Waals surface area (Å²) in [7, 11) is 0. The second kappa shape index (κ2) is 9.77. The lowest BCUT2D eigenvalue weighted by Crippen LogP contribution is -2.47. The highest BCUT2D eigenvalue weighted by Gasteiger charge is 2.22. The lowest BCUT2D eigenvalue weighted by Gasteiger charge is -2.24. The van der Waals surface area contributed by atoms with Crippen molar-refractivity contribution in [3.8, 4) is 0 Å². The van der Waals surface area contributed by atoms with E-state index in [0.29, 0.717) is 25.5 Å². The van der Waals surface area contributed by atoms with Crippen LogP contribution in [0.5, 0.6) is 0 Å². The van der Waals surface area contributed by atoms with Gasteiger partial charge in [-0.15, -0.1) is 0 Å². The van der Waals surface area contributed by atoms with E-state index in [-0.39, 0.29) is 23.8 Å². The first-order valence-corrected chi connectivity index (χ1v) is 8.19. The largest absolute Gasteiger partial charge is 0.466 e. The molecular weight excluding hydrogens is 268 g/mol. The molecule has 0 aliphatic carbocycles. The number of esters is 1. The number of hydrogen-bond donors (Lipinski definition) is 2. The van der Waals surface area contributed by atoms with Crippen molar-refractivity contribution in [2.75, 3.05) is 19.7 Å². The van der Waals surface area contributed by atoms with Gasteiger partial charge in [0.2, 0.25) is 5.91 Å². The minimum atomic E-state index is -0.173. The van der Waals surface area contributed by atoms with Gasteiger partial charge in [-0.25, -0.2) is 0 Å². The fourth-order valence-electron chi connectivity index (χ4n) is 2.80. The molecule has 0 aromatic rings. The predicted octanol–water partition coefficient (Wildman–Crippen LogP) is 1.86. The Hall–Kier alpha value is -1.10. The van der Waals surface area contributed by atoms with Gasteiger partial charge < -0.3 is 15.4 Å². The van der Waals surface area contributed by atoms with Crippen molar-refractivity contribution in [3.63, 3.8) is 0 Å². The highest BCUT2D eigenvalue weighted by molar-refractivity contribution is 5.81. The van der Waals surface area contributed by atoms with Gasteiger partial charge in [0.1, 0.15) is 0 Å². The van der Waals surface area contributed by atoms with Gasteiger partial charge in [0.25, 0.3) is 0 Å². The Morgan fingerprint density at radius 3 is 2.67 bits per heavy atom. The third-order valence-electron chi connectivity index (χ3n) is 3.76. The van der Waals surface area contributed by atoms with E-state index < -0.39 is 0 Å².